The second-order valence-corrected chi connectivity index (χ2v) is 3.23. The molecule has 2 aliphatic heterocycles. The quantitative estimate of drug-likeness (QED) is 0.549. The normalized spacial score (nSPS) is 44.2. The van der Waals surface area contributed by atoms with Crippen molar-refractivity contribution in [1.82, 2.24) is 5.32 Å². The van der Waals surface area contributed by atoms with Crippen LogP contribution in [0.1, 0.15) is 19.3 Å². The first kappa shape index (κ1) is 6.16. The molecule has 0 aromatic heterocycles. The molecule has 0 aliphatic carbocycles. The summed E-state index contributed by atoms with van der Waals surface area (Å²) in [7, 11) is 0. The van der Waals surface area contributed by atoms with E-state index in [0.717, 1.165) is 12.8 Å². The lowest BCUT2D eigenvalue weighted by atomic mass is 9.89. The first-order valence-electron chi connectivity index (χ1n) is 3.76. The fourth-order valence-electron chi connectivity index (χ4n) is 2.10. The molecule has 0 amide bonds. The summed E-state index contributed by atoms with van der Waals surface area (Å²) < 4.78 is 0. The number of nitrogens with one attached hydrogen (secondary N) is 1. The standard InChI is InChI=1S/C7H11NO2/c9-7(10)5-3-4-1-2-6(5)8-4/h4-6,8H,1-3H2,(H,9,10)/t4-,5?,6+/m0/s1. The van der Waals surface area contributed by atoms with E-state index in [-0.39, 0.29) is 12.0 Å². The number of carboxylic acids is 1. The Hall–Kier alpha value is -0.570. The predicted molar refractivity (Wildman–Crippen MR) is 35.7 cm³/mol. The van der Waals surface area contributed by atoms with Crippen LogP contribution >= 0.6 is 0 Å². The van der Waals surface area contributed by atoms with Gasteiger partial charge in [-0.15, -0.1) is 0 Å². The highest BCUT2D eigenvalue weighted by Crippen LogP contribution is 2.32. The van der Waals surface area contributed by atoms with Crippen molar-refractivity contribution in [2.75, 3.05) is 0 Å². The summed E-state index contributed by atoms with van der Waals surface area (Å²) in [5.74, 6) is -0.724. The van der Waals surface area contributed by atoms with E-state index in [9.17, 15) is 4.79 Å². The van der Waals surface area contributed by atoms with E-state index in [1.807, 2.05) is 0 Å². The van der Waals surface area contributed by atoms with Gasteiger partial charge in [-0.2, -0.15) is 0 Å². The van der Waals surface area contributed by atoms with Crippen molar-refractivity contribution < 1.29 is 9.90 Å². The first-order chi connectivity index (χ1) is 4.77. The van der Waals surface area contributed by atoms with Gasteiger partial charge in [0.25, 0.3) is 0 Å². The van der Waals surface area contributed by atoms with E-state index in [1.54, 1.807) is 0 Å². The number of carbonyl (C=O) groups is 1. The van der Waals surface area contributed by atoms with Crippen LogP contribution < -0.4 is 5.32 Å². The van der Waals surface area contributed by atoms with E-state index in [0.29, 0.717) is 6.04 Å². The largest absolute Gasteiger partial charge is 0.481 e. The Morgan fingerprint density at radius 1 is 1.50 bits per heavy atom. The van der Waals surface area contributed by atoms with Crippen molar-refractivity contribution in [2.24, 2.45) is 5.92 Å². The van der Waals surface area contributed by atoms with Crippen LogP contribution in [0.5, 0.6) is 0 Å². The van der Waals surface area contributed by atoms with E-state index in [1.165, 1.54) is 6.42 Å². The molecular formula is C7H11NO2. The Kier molecular flexibility index (Phi) is 1.20. The maximum absolute atomic E-state index is 10.6. The minimum atomic E-state index is -0.625. The van der Waals surface area contributed by atoms with Gasteiger partial charge in [0.2, 0.25) is 0 Å². The summed E-state index contributed by atoms with van der Waals surface area (Å²) in [6.07, 6.45) is 3.08. The lowest BCUT2D eigenvalue weighted by Crippen LogP contribution is -2.28. The Labute approximate surface area is 59.4 Å². The molecule has 2 rings (SSSR count). The van der Waals surface area contributed by atoms with Crippen molar-refractivity contribution in [2.45, 2.75) is 31.3 Å². The van der Waals surface area contributed by atoms with Gasteiger partial charge in [0.1, 0.15) is 0 Å². The van der Waals surface area contributed by atoms with Crippen LogP contribution in [0.3, 0.4) is 0 Å². The molecule has 0 spiro atoms. The molecule has 0 radical (unpaired) electrons. The average Bonchev–Trinajstić information content (AvgIpc) is 2.44. The van der Waals surface area contributed by atoms with Crippen LogP contribution in [0, 0.1) is 5.92 Å². The maximum Gasteiger partial charge on any atom is 0.308 e. The highest BCUT2D eigenvalue weighted by Gasteiger charge is 2.42. The van der Waals surface area contributed by atoms with E-state index in [4.69, 9.17) is 5.11 Å². The third kappa shape index (κ3) is 0.736. The summed E-state index contributed by atoms with van der Waals surface area (Å²) in [6.45, 7) is 0. The second kappa shape index (κ2) is 1.95. The average molecular weight is 141 g/mol. The molecule has 3 heteroatoms. The van der Waals surface area contributed by atoms with E-state index < -0.39 is 5.97 Å². The molecule has 3 nitrogen and oxygen atoms in total. The Balaban J connectivity index is 2.08. The van der Waals surface area contributed by atoms with Gasteiger partial charge in [-0.25, -0.2) is 0 Å². The SMILES string of the molecule is O=C(O)C1C[C@@H]2CC[C@H]1N2. The van der Waals surface area contributed by atoms with Gasteiger partial charge in [-0.1, -0.05) is 0 Å². The third-order valence-electron chi connectivity index (χ3n) is 2.62. The van der Waals surface area contributed by atoms with Crippen molar-refractivity contribution in [3.05, 3.63) is 0 Å². The number of carboxylic acid groups (broad SMARTS) is 1. The topological polar surface area (TPSA) is 49.3 Å². The molecule has 2 aliphatic rings. The van der Waals surface area contributed by atoms with Crippen LogP contribution in [-0.2, 0) is 4.79 Å². The highest BCUT2D eigenvalue weighted by molar-refractivity contribution is 5.71. The summed E-state index contributed by atoms with van der Waals surface area (Å²) >= 11 is 0. The molecule has 2 fully saturated rings. The van der Waals surface area contributed by atoms with Gasteiger partial charge >= 0.3 is 5.97 Å². The Morgan fingerprint density at radius 3 is 2.60 bits per heavy atom. The van der Waals surface area contributed by atoms with Crippen LogP contribution in [0.25, 0.3) is 0 Å². The monoisotopic (exact) mass is 141 g/mol. The number of aliphatic carboxylic acids is 1. The number of hydrogen-bond donors (Lipinski definition) is 2. The van der Waals surface area contributed by atoms with Crippen LogP contribution in [-0.4, -0.2) is 23.2 Å². The molecule has 2 N–H and O–H groups in total. The van der Waals surface area contributed by atoms with Crippen molar-refractivity contribution >= 4 is 5.97 Å². The zero-order valence-electron chi connectivity index (χ0n) is 5.71. The third-order valence-corrected chi connectivity index (χ3v) is 2.62. The van der Waals surface area contributed by atoms with Crippen molar-refractivity contribution in [3.8, 4) is 0 Å². The van der Waals surface area contributed by atoms with E-state index >= 15 is 0 Å². The van der Waals surface area contributed by atoms with Gasteiger partial charge in [0, 0.05) is 12.1 Å². The number of fused-ring (bicyclic) bond motifs is 2. The highest BCUT2D eigenvalue weighted by atomic mass is 16.4. The van der Waals surface area contributed by atoms with Gasteiger partial charge in [0.15, 0.2) is 0 Å². The molecule has 2 bridgehead atoms. The number of rotatable bonds is 1. The fourth-order valence-corrected chi connectivity index (χ4v) is 2.10. The Morgan fingerprint density at radius 2 is 2.30 bits per heavy atom. The van der Waals surface area contributed by atoms with Crippen LogP contribution in [0.15, 0.2) is 0 Å². The molecule has 0 saturated carbocycles. The van der Waals surface area contributed by atoms with Crippen molar-refractivity contribution in [1.29, 1.82) is 0 Å². The molecule has 3 atom stereocenters. The van der Waals surface area contributed by atoms with Crippen LogP contribution in [0.4, 0.5) is 0 Å². The minimum absolute atomic E-state index is 0.0984. The van der Waals surface area contributed by atoms with Crippen molar-refractivity contribution in [3.63, 3.8) is 0 Å². The zero-order valence-corrected chi connectivity index (χ0v) is 5.71. The zero-order chi connectivity index (χ0) is 7.14. The lowest BCUT2D eigenvalue weighted by Gasteiger charge is -2.14. The van der Waals surface area contributed by atoms with Gasteiger partial charge < -0.3 is 10.4 Å². The molecule has 0 aromatic carbocycles. The van der Waals surface area contributed by atoms with E-state index in [2.05, 4.69) is 5.32 Å². The first-order valence-corrected chi connectivity index (χ1v) is 3.76. The molecule has 0 aromatic rings. The number of hydrogen-bond acceptors (Lipinski definition) is 2. The van der Waals surface area contributed by atoms with Gasteiger partial charge in [-0.05, 0) is 19.3 Å². The predicted octanol–water partition coefficient (Wildman–Crippen LogP) is 0.212. The van der Waals surface area contributed by atoms with Gasteiger partial charge in [-0.3, -0.25) is 4.79 Å². The fraction of sp³-hybridized carbons (Fsp3) is 0.857. The molecule has 1 unspecified atom stereocenters. The summed E-state index contributed by atoms with van der Waals surface area (Å²) in [6, 6.07) is 0.786. The lowest BCUT2D eigenvalue weighted by molar-refractivity contribution is -0.142. The maximum atomic E-state index is 10.6. The van der Waals surface area contributed by atoms with Crippen LogP contribution in [0.2, 0.25) is 0 Å². The summed E-state index contributed by atoms with van der Waals surface area (Å²) in [5.41, 5.74) is 0. The summed E-state index contributed by atoms with van der Waals surface area (Å²) in [4.78, 5) is 10.6. The molecular weight excluding hydrogens is 130 g/mol. The summed E-state index contributed by atoms with van der Waals surface area (Å²) in [5, 5.41) is 12.0. The second-order valence-electron chi connectivity index (χ2n) is 3.23. The smallest absolute Gasteiger partial charge is 0.308 e. The minimum Gasteiger partial charge on any atom is -0.481 e. The Bertz CT molecular complexity index is 169. The molecule has 2 heterocycles. The molecule has 10 heavy (non-hydrogen) atoms. The van der Waals surface area contributed by atoms with Gasteiger partial charge in [0.05, 0.1) is 5.92 Å². The molecule has 56 valence electrons. The molecule has 2 saturated heterocycles.